The molecular weight excluding hydrogens is 558 g/mol. The van der Waals surface area contributed by atoms with Crippen molar-refractivity contribution in [2.24, 2.45) is 5.92 Å². The Morgan fingerprint density at radius 2 is 1.32 bits per heavy atom. The molecule has 0 spiro atoms. The summed E-state index contributed by atoms with van der Waals surface area (Å²) >= 11 is 0. The number of carbonyl (C=O) groups excluding carboxylic acids is 4. The number of hydrogen-bond acceptors (Lipinski definition) is 6. The summed E-state index contributed by atoms with van der Waals surface area (Å²) in [5.41, 5.74) is -0.0791. The van der Waals surface area contributed by atoms with Crippen LogP contribution in [0.2, 0.25) is 0 Å². The quantitative estimate of drug-likeness (QED) is 0.270. The van der Waals surface area contributed by atoms with E-state index in [9.17, 15) is 19.2 Å². The molecule has 3 atom stereocenters. The second-order valence-electron chi connectivity index (χ2n) is 13.6. The summed E-state index contributed by atoms with van der Waals surface area (Å²) in [6.07, 6.45) is 0.933. The van der Waals surface area contributed by atoms with Crippen LogP contribution in [0.1, 0.15) is 92.3 Å². The van der Waals surface area contributed by atoms with E-state index < -0.39 is 47.2 Å². The van der Waals surface area contributed by atoms with Gasteiger partial charge >= 0.3 is 12.1 Å². The molecule has 0 bridgehead atoms. The molecule has 44 heavy (non-hydrogen) atoms. The second kappa shape index (κ2) is 16.3. The number of nitrogens with one attached hydrogen (secondary N) is 2. The van der Waals surface area contributed by atoms with E-state index in [1.54, 1.807) is 65.8 Å². The van der Waals surface area contributed by atoms with Gasteiger partial charge in [0.1, 0.15) is 29.8 Å². The lowest BCUT2D eigenvalue weighted by atomic mass is 9.97. The minimum Gasteiger partial charge on any atom is -0.458 e. The zero-order chi connectivity index (χ0) is 33.1. The number of ether oxygens (including phenoxy) is 2. The summed E-state index contributed by atoms with van der Waals surface area (Å²) in [5.74, 6) is -1.17. The van der Waals surface area contributed by atoms with Gasteiger partial charge in [0.15, 0.2) is 0 Å². The monoisotopic (exact) mass is 609 g/mol. The maximum absolute atomic E-state index is 14.3. The van der Waals surface area contributed by atoms with Gasteiger partial charge in [0.2, 0.25) is 11.8 Å². The van der Waals surface area contributed by atoms with Gasteiger partial charge in [0.05, 0.1) is 0 Å². The van der Waals surface area contributed by atoms with Crippen LogP contribution in [-0.2, 0) is 30.3 Å². The van der Waals surface area contributed by atoms with Gasteiger partial charge in [0.25, 0.3) is 0 Å². The first-order valence-corrected chi connectivity index (χ1v) is 15.4. The van der Waals surface area contributed by atoms with Crippen molar-refractivity contribution in [2.75, 3.05) is 6.54 Å². The largest absolute Gasteiger partial charge is 0.458 e. The zero-order valence-corrected chi connectivity index (χ0v) is 27.8. The van der Waals surface area contributed by atoms with Gasteiger partial charge in [-0.25, -0.2) is 9.59 Å². The van der Waals surface area contributed by atoms with Crippen LogP contribution in [0.3, 0.4) is 0 Å². The fraction of sp³-hybridized carbons (Fsp3) is 0.543. The fourth-order valence-corrected chi connectivity index (χ4v) is 4.65. The van der Waals surface area contributed by atoms with E-state index >= 15 is 0 Å². The van der Waals surface area contributed by atoms with Crippen molar-refractivity contribution in [3.05, 3.63) is 71.8 Å². The highest BCUT2D eigenvalue weighted by molar-refractivity contribution is 5.93. The van der Waals surface area contributed by atoms with Crippen molar-refractivity contribution >= 4 is 23.9 Å². The maximum atomic E-state index is 14.3. The Morgan fingerprint density at radius 1 is 0.773 bits per heavy atom. The molecule has 0 aliphatic heterocycles. The molecule has 0 aliphatic rings. The van der Waals surface area contributed by atoms with Crippen LogP contribution in [-0.4, -0.2) is 58.6 Å². The Hall–Kier alpha value is -3.88. The van der Waals surface area contributed by atoms with E-state index in [1.165, 1.54) is 4.90 Å². The number of carbonyl (C=O) groups is 4. The Balaban J connectivity index is 2.50. The second-order valence-corrected chi connectivity index (χ2v) is 13.6. The van der Waals surface area contributed by atoms with Gasteiger partial charge < -0.3 is 25.0 Å². The van der Waals surface area contributed by atoms with Gasteiger partial charge in [-0.15, -0.1) is 0 Å². The van der Waals surface area contributed by atoms with E-state index in [0.29, 0.717) is 17.9 Å². The number of esters is 1. The van der Waals surface area contributed by atoms with E-state index in [-0.39, 0.29) is 19.0 Å². The average Bonchev–Trinajstić information content (AvgIpc) is 2.92. The lowest BCUT2D eigenvalue weighted by Gasteiger charge is -2.37. The number of alkyl carbamates (subject to hydrolysis) is 1. The Morgan fingerprint density at radius 3 is 1.84 bits per heavy atom. The van der Waals surface area contributed by atoms with Crippen LogP contribution < -0.4 is 10.6 Å². The van der Waals surface area contributed by atoms with Gasteiger partial charge in [-0.3, -0.25) is 9.59 Å². The van der Waals surface area contributed by atoms with Crippen molar-refractivity contribution < 1.29 is 28.7 Å². The Labute approximate surface area is 263 Å². The molecule has 242 valence electrons. The van der Waals surface area contributed by atoms with E-state index in [0.717, 1.165) is 12.0 Å². The van der Waals surface area contributed by atoms with Crippen molar-refractivity contribution in [1.82, 2.24) is 15.5 Å². The minimum absolute atomic E-state index is 0.208. The number of rotatable bonds is 13. The predicted octanol–water partition coefficient (Wildman–Crippen LogP) is 5.97. The first-order valence-electron chi connectivity index (χ1n) is 15.4. The van der Waals surface area contributed by atoms with Crippen molar-refractivity contribution in [2.45, 2.75) is 111 Å². The van der Waals surface area contributed by atoms with Crippen LogP contribution in [0.5, 0.6) is 0 Å². The molecule has 2 aromatic rings. The summed E-state index contributed by atoms with van der Waals surface area (Å²) < 4.78 is 11.0. The fourth-order valence-electron chi connectivity index (χ4n) is 4.65. The summed E-state index contributed by atoms with van der Waals surface area (Å²) in [5, 5.41) is 5.46. The van der Waals surface area contributed by atoms with Crippen LogP contribution in [0.25, 0.3) is 0 Å². The topological polar surface area (TPSA) is 114 Å². The molecule has 3 unspecified atom stereocenters. The first kappa shape index (κ1) is 36.3. The van der Waals surface area contributed by atoms with Crippen LogP contribution >= 0.6 is 0 Å². The molecule has 9 heteroatoms. The molecule has 0 radical (unpaired) electrons. The highest BCUT2D eigenvalue weighted by atomic mass is 16.6. The molecule has 3 amide bonds. The van der Waals surface area contributed by atoms with Gasteiger partial charge in [-0.2, -0.15) is 0 Å². The SMILES string of the molecule is CC(C)CCC(C)N(C(=O)CNC(=O)OC(C)(C)C)C(C(=O)NC(Cc1ccccc1)C(=O)OC(C)(C)C)c1ccccc1. The summed E-state index contributed by atoms with van der Waals surface area (Å²) in [4.78, 5) is 55.5. The number of amides is 3. The van der Waals surface area contributed by atoms with E-state index in [4.69, 9.17) is 9.47 Å². The molecule has 2 N–H and O–H groups in total. The highest BCUT2D eigenvalue weighted by Crippen LogP contribution is 2.27. The lowest BCUT2D eigenvalue weighted by molar-refractivity contribution is -0.159. The highest BCUT2D eigenvalue weighted by Gasteiger charge is 2.37. The predicted molar refractivity (Wildman–Crippen MR) is 172 cm³/mol. The normalized spacial score (nSPS) is 13.8. The maximum Gasteiger partial charge on any atom is 0.408 e. The number of benzene rings is 2. The Bertz CT molecular complexity index is 1220. The standard InChI is InChI=1S/C35H51N3O6/c1-24(2)20-21-25(3)38(29(39)23-36-33(42)44-35(7,8)9)30(27-18-14-11-15-19-27)31(40)37-28(32(41)43-34(4,5)6)22-26-16-12-10-13-17-26/h10-19,24-25,28,30H,20-23H2,1-9H3,(H,36,42)(H,37,40). The third kappa shape index (κ3) is 12.8. The van der Waals surface area contributed by atoms with Crippen LogP contribution in [0.4, 0.5) is 4.79 Å². The molecule has 0 aliphatic carbocycles. The molecular formula is C35H51N3O6. The molecule has 0 aromatic heterocycles. The summed E-state index contributed by atoms with van der Waals surface area (Å²) in [6.45, 7) is 16.2. The van der Waals surface area contributed by atoms with Crippen LogP contribution in [0.15, 0.2) is 60.7 Å². The van der Waals surface area contributed by atoms with Crippen LogP contribution in [0, 0.1) is 5.92 Å². The van der Waals surface area contributed by atoms with Crippen molar-refractivity contribution in [3.63, 3.8) is 0 Å². The molecule has 2 aromatic carbocycles. The first-order chi connectivity index (χ1) is 20.5. The minimum atomic E-state index is -1.08. The molecule has 2 rings (SSSR count). The smallest absolute Gasteiger partial charge is 0.408 e. The van der Waals surface area contributed by atoms with E-state index in [1.807, 2.05) is 43.3 Å². The molecule has 9 nitrogen and oxygen atoms in total. The van der Waals surface area contributed by atoms with Gasteiger partial charge in [-0.05, 0) is 78.4 Å². The third-order valence-electron chi connectivity index (χ3n) is 6.64. The number of hydrogen-bond donors (Lipinski definition) is 2. The third-order valence-corrected chi connectivity index (χ3v) is 6.64. The van der Waals surface area contributed by atoms with Gasteiger partial charge in [0, 0.05) is 12.5 Å². The van der Waals surface area contributed by atoms with Crippen molar-refractivity contribution in [1.29, 1.82) is 0 Å². The van der Waals surface area contributed by atoms with Crippen molar-refractivity contribution in [3.8, 4) is 0 Å². The Kier molecular flexibility index (Phi) is 13.4. The average molecular weight is 610 g/mol. The summed E-state index contributed by atoms with van der Waals surface area (Å²) in [6, 6.07) is 15.9. The number of nitrogens with zero attached hydrogens (tertiary/aromatic N) is 1. The summed E-state index contributed by atoms with van der Waals surface area (Å²) in [7, 11) is 0. The molecule has 0 fully saturated rings. The molecule has 0 saturated carbocycles. The zero-order valence-electron chi connectivity index (χ0n) is 27.8. The van der Waals surface area contributed by atoms with E-state index in [2.05, 4.69) is 24.5 Å². The lowest BCUT2D eigenvalue weighted by Crippen LogP contribution is -2.54. The molecule has 0 heterocycles. The molecule has 0 saturated heterocycles. The van der Waals surface area contributed by atoms with Gasteiger partial charge in [-0.1, -0.05) is 74.5 Å².